The van der Waals surface area contributed by atoms with E-state index in [1.165, 1.54) is 0 Å². The first-order valence-corrected chi connectivity index (χ1v) is 6.44. The van der Waals surface area contributed by atoms with E-state index in [4.69, 9.17) is 11.5 Å². The number of Topliss-reactive ketones (excluding diaryl/α,β-unsaturated/α-hetero) is 1. The Morgan fingerprint density at radius 3 is 2.58 bits per heavy atom. The number of hydrogen-bond donors (Lipinski definition) is 2. The van der Waals surface area contributed by atoms with Crippen LogP contribution in [0, 0.1) is 0 Å². The summed E-state index contributed by atoms with van der Waals surface area (Å²) in [5.74, 6) is 0.465. The monoisotopic (exact) mass is 252 g/mol. The van der Waals surface area contributed by atoms with Crippen molar-refractivity contribution in [1.82, 2.24) is 0 Å². The third-order valence-electron chi connectivity index (χ3n) is 3.81. The van der Waals surface area contributed by atoms with Crippen LogP contribution in [0.3, 0.4) is 0 Å². The first-order valence-electron chi connectivity index (χ1n) is 6.44. The minimum Gasteiger partial charge on any atom is -0.397 e. The zero-order chi connectivity index (χ0) is 13.4. The Balaban J connectivity index is 2.09. The van der Waals surface area contributed by atoms with Crippen LogP contribution in [-0.2, 0) is 0 Å². The molecule has 0 spiro atoms. The van der Waals surface area contributed by atoms with Gasteiger partial charge < -0.3 is 11.5 Å². The minimum atomic E-state index is 0.232. The largest absolute Gasteiger partial charge is 0.397 e. The van der Waals surface area contributed by atoms with Gasteiger partial charge in [0.1, 0.15) is 0 Å². The van der Waals surface area contributed by atoms with E-state index in [0.717, 1.165) is 23.1 Å². The summed E-state index contributed by atoms with van der Waals surface area (Å²) in [5, 5.41) is 0. The maximum absolute atomic E-state index is 11.9. The molecule has 4 N–H and O–H groups in total. The van der Waals surface area contributed by atoms with Gasteiger partial charge in [0, 0.05) is 17.9 Å². The highest BCUT2D eigenvalue weighted by Gasteiger charge is 2.26. The van der Waals surface area contributed by atoms with Gasteiger partial charge in [-0.3, -0.25) is 4.79 Å². The van der Waals surface area contributed by atoms with Crippen molar-refractivity contribution in [2.45, 2.75) is 18.8 Å². The number of benzene rings is 2. The van der Waals surface area contributed by atoms with Gasteiger partial charge in [0.2, 0.25) is 0 Å². The third-order valence-corrected chi connectivity index (χ3v) is 3.81. The molecule has 3 nitrogen and oxygen atoms in total. The molecule has 2 aromatic carbocycles. The molecule has 0 aromatic heterocycles. The second kappa shape index (κ2) is 4.43. The maximum atomic E-state index is 11.9. The fraction of sp³-hybridized carbons (Fsp3) is 0.188. The molecule has 0 radical (unpaired) electrons. The van der Waals surface area contributed by atoms with Crippen LogP contribution in [0.5, 0.6) is 0 Å². The number of anilines is 2. The zero-order valence-electron chi connectivity index (χ0n) is 10.6. The smallest absolute Gasteiger partial charge is 0.163 e. The molecule has 0 unspecified atom stereocenters. The molecule has 0 saturated carbocycles. The van der Waals surface area contributed by atoms with E-state index in [0.29, 0.717) is 17.8 Å². The van der Waals surface area contributed by atoms with Crippen molar-refractivity contribution < 1.29 is 4.79 Å². The molecule has 0 bridgehead atoms. The summed E-state index contributed by atoms with van der Waals surface area (Å²) < 4.78 is 0. The number of rotatable bonds is 1. The highest BCUT2D eigenvalue weighted by atomic mass is 16.1. The average molecular weight is 252 g/mol. The predicted octanol–water partition coefficient (Wildman–Crippen LogP) is 2.96. The summed E-state index contributed by atoms with van der Waals surface area (Å²) in [6, 6.07) is 13.6. The standard InChI is InChI=1S/C16H16N2O/c17-14-7-5-10(9-15(14)18)11-6-8-16(19)13-4-2-1-3-12(11)13/h1-5,7,9,11H,6,8,17-18H2/t11-/m0/s1. The SMILES string of the molecule is Nc1ccc([C@@H]2CCC(=O)c3ccccc32)cc1N. The Morgan fingerprint density at radius 2 is 1.79 bits per heavy atom. The van der Waals surface area contributed by atoms with E-state index < -0.39 is 0 Å². The molecule has 0 saturated heterocycles. The highest BCUT2D eigenvalue weighted by molar-refractivity contribution is 5.99. The molecular formula is C16H16N2O. The van der Waals surface area contributed by atoms with Crippen molar-refractivity contribution in [2.75, 3.05) is 11.5 Å². The van der Waals surface area contributed by atoms with Crippen LogP contribution in [0.2, 0.25) is 0 Å². The first kappa shape index (κ1) is 11.8. The molecular weight excluding hydrogens is 236 g/mol. The summed E-state index contributed by atoms with van der Waals surface area (Å²) in [4.78, 5) is 11.9. The maximum Gasteiger partial charge on any atom is 0.163 e. The average Bonchev–Trinajstić information content (AvgIpc) is 2.43. The van der Waals surface area contributed by atoms with Crippen molar-refractivity contribution in [3.05, 3.63) is 59.2 Å². The van der Waals surface area contributed by atoms with Crippen LogP contribution in [-0.4, -0.2) is 5.78 Å². The first-order chi connectivity index (χ1) is 9.16. The number of carbonyl (C=O) groups is 1. The zero-order valence-corrected chi connectivity index (χ0v) is 10.6. The van der Waals surface area contributed by atoms with Gasteiger partial charge in [0.15, 0.2) is 5.78 Å². The van der Waals surface area contributed by atoms with Gasteiger partial charge in [-0.25, -0.2) is 0 Å². The lowest BCUT2D eigenvalue weighted by Crippen LogP contribution is -2.16. The van der Waals surface area contributed by atoms with Crippen molar-refractivity contribution in [1.29, 1.82) is 0 Å². The molecule has 3 rings (SSSR count). The lowest BCUT2D eigenvalue weighted by atomic mass is 9.78. The summed E-state index contributed by atoms with van der Waals surface area (Å²) in [6.45, 7) is 0. The van der Waals surface area contributed by atoms with Crippen molar-refractivity contribution in [2.24, 2.45) is 0 Å². The van der Waals surface area contributed by atoms with Crippen LogP contribution < -0.4 is 11.5 Å². The number of fused-ring (bicyclic) bond motifs is 1. The Bertz CT molecular complexity index is 649. The Labute approximate surface area is 112 Å². The van der Waals surface area contributed by atoms with E-state index in [2.05, 4.69) is 0 Å². The third kappa shape index (κ3) is 1.97. The molecule has 19 heavy (non-hydrogen) atoms. The molecule has 1 aliphatic carbocycles. The quantitative estimate of drug-likeness (QED) is 0.767. The van der Waals surface area contributed by atoms with E-state index >= 15 is 0 Å². The fourth-order valence-corrected chi connectivity index (χ4v) is 2.78. The number of carbonyl (C=O) groups excluding carboxylic acids is 1. The Kier molecular flexibility index (Phi) is 2.75. The van der Waals surface area contributed by atoms with Gasteiger partial charge >= 0.3 is 0 Å². The van der Waals surface area contributed by atoms with E-state index in [1.807, 2.05) is 42.5 Å². The second-order valence-corrected chi connectivity index (χ2v) is 4.99. The van der Waals surface area contributed by atoms with Crippen LogP contribution in [0.1, 0.15) is 40.2 Å². The van der Waals surface area contributed by atoms with Gasteiger partial charge in [-0.15, -0.1) is 0 Å². The van der Waals surface area contributed by atoms with E-state index in [9.17, 15) is 4.79 Å². The number of ketones is 1. The van der Waals surface area contributed by atoms with Gasteiger partial charge in [-0.1, -0.05) is 30.3 Å². The lowest BCUT2D eigenvalue weighted by molar-refractivity contribution is 0.0969. The van der Waals surface area contributed by atoms with Gasteiger partial charge in [0.05, 0.1) is 11.4 Å². The molecule has 0 heterocycles. The Hall–Kier alpha value is -2.29. The Morgan fingerprint density at radius 1 is 1.00 bits per heavy atom. The van der Waals surface area contributed by atoms with E-state index in [-0.39, 0.29) is 11.7 Å². The predicted molar refractivity (Wildman–Crippen MR) is 77.1 cm³/mol. The molecule has 96 valence electrons. The topological polar surface area (TPSA) is 69.1 Å². The molecule has 1 aliphatic rings. The summed E-state index contributed by atoms with van der Waals surface area (Å²) in [7, 11) is 0. The molecule has 3 heteroatoms. The van der Waals surface area contributed by atoms with Crippen LogP contribution >= 0.6 is 0 Å². The van der Waals surface area contributed by atoms with Crippen LogP contribution in [0.15, 0.2) is 42.5 Å². The summed E-state index contributed by atoms with van der Waals surface area (Å²) in [6.07, 6.45) is 1.42. The highest BCUT2D eigenvalue weighted by Crippen LogP contribution is 2.37. The number of nitrogen functional groups attached to an aromatic ring is 2. The molecule has 0 amide bonds. The van der Waals surface area contributed by atoms with Crippen molar-refractivity contribution in [3.63, 3.8) is 0 Å². The second-order valence-electron chi connectivity index (χ2n) is 4.99. The summed E-state index contributed by atoms with van der Waals surface area (Å²) >= 11 is 0. The van der Waals surface area contributed by atoms with Gasteiger partial charge in [-0.05, 0) is 29.7 Å². The molecule has 1 atom stereocenters. The summed E-state index contributed by atoms with van der Waals surface area (Å²) in [5.41, 5.74) is 15.9. The minimum absolute atomic E-state index is 0.232. The lowest BCUT2D eigenvalue weighted by Gasteiger charge is -2.25. The molecule has 0 aliphatic heterocycles. The van der Waals surface area contributed by atoms with Gasteiger partial charge in [0.25, 0.3) is 0 Å². The number of nitrogens with two attached hydrogens (primary N) is 2. The normalized spacial score (nSPS) is 18.1. The molecule has 0 fully saturated rings. The van der Waals surface area contributed by atoms with Crippen molar-refractivity contribution in [3.8, 4) is 0 Å². The number of hydrogen-bond acceptors (Lipinski definition) is 3. The van der Waals surface area contributed by atoms with E-state index in [1.54, 1.807) is 0 Å². The van der Waals surface area contributed by atoms with Gasteiger partial charge in [-0.2, -0.15) is 0 Å². The fourth-order valence-electron chi connectivity index (χ4n) is 2.78. The molecule has 2 aromatic rings. The van der Waals surface area contributed by atoms with Crippen molar-refractivity contribution >= 4 is 17.2 Å². The van der Waals surface area contributed by atoms with Crippen LogP contribution in [0.4, 0.5) is 11.4 Å². The van der Waals surface area contributed by atoms with Crippen LogP contribution in [0.25, 0.3) is 0 Å².